The second kappa shape index (κ2) is 9.39. The maximum Gasteiger partial charge on any atom is 0.408 e. The zero-order chi connectivity index (χ0) is 22.6. The number of pyridine rings is 1. The van der Waals surface area contributed by atoms with Crippen LogP contribution in [0, 0.1) is 5.82 Å². The number of esters is 2. The van der Waals surface area contributed by atoms with Crippen LogP contribution in [0.1, 0.15) is 70.6 Å². The van der Waals surface area contributed by atoms with Gasteiger partial charge in [0.15, 0.2) is 6.04 Å². The van der Waals surface area contributed by atoms with Crippen molar-refractivity contribution in [2.45, 2.75) is 65.7 Å². The Balaban J connectivity index is 3.28. The fraction of sp³-hybridized carbons (Fsp3) is 0.579. The van der Waals surface area contributed by atoms with Gasteiger partial charge in [-0.25, -0.2) is 23.8 Å². The summed E-state index contributed by atoms with van der Waals surface area (Å²) in [6.07, 6.45) is -0.982. The number of aromatic nitrogens is 1. The Bertz CT molecular complexity index is 786. The van der Waals surface area contributed by atoms with Crippen LogP contribution in [0.25, 0.3) is 0 Å². The van der Waals surface area contributed by atoms with Crippen LogP contribution in [0.4, 0.5) is 9.18 Å². The average molecular weight is 433 g/mol. The highest BCUT2D eigenvalue weighted by Crippen LogP contribution is 2.25. The van der Waals surface area contributed by atoms with Crippen LogP contribution in [0.3, 0.4) is 0 Å². The van der Waals surface area contributed by atoms with Gasteiger partial charge in [0.05, 0.1) is 12.2 Å². The number of nitrogens with one attached hydrogen (secondary N) is 1. The van der Waals surface area contributed by atoms with Gasteiger partial charge in [-0.15, -0.1) is 0 Å². The smallest absolute Gasteiger partial charge is 0.408 e. The van der Waals surface area contributed by atoms with E-state index in [4.69, 9.17) is 25.8 Å². The Hall–Kier alpha value is -2.42. The lowest BCUT2D eigenvalue weighted by molar-refractivity contribution is -0.146. The van der Waals surface area contributed by atoms with Crippen molar-refractivity contribution in [3.8, 4) is 0 Å². The third-order valence-corrected chi connectivity index (χ3v) is 3.32. The van der Waals surface area contributed by atoms with E-state index >= 15 is 0 Å². The Morgan fingerprint density at radius 1 is 1.14 bits per heavy atom. The van der Waals surface area contributed by atoms with Crippen molar-refractivity contribution in [3.05, 3.63) is 28.3 Å². The second-order valence-corrected chi connectivity index (χ2v) is 8.38. The molecule has 0 bridgehead atoms. The molecule has 0 saturated carbocycles. The van der Waals surface area contributed by atoms with Crippen LogP contribution >= 0.6 is 11.6 Å². The molecule has 1 atom stereocenters. The molecular formula is C19H26ClFN2O6. The van der Waals surface area contributed by atoms with Gasteiger partial charge in [0.25, 0.3) is 0 Å². The first-order valence-corrected chi connectivity index (χ1v) is 9.28. The Kier molecular flexibility index (Phi) is 7.97. The number of rotatable bonds is 5. The van der Waals surface area contributed by atoms with E-state index in [1.165, 1.54) is 0 Å². The lowest BCUT2D eigenvalue weighted by Crippen LogP contribution is -2.39. The van der Waals surface area contributed by atoms with Crippen molar-refractivity contribution >= 4 is 29.6 Å². The molecule has 0 fully saturated rings. The van der Waals surface area contributed by atoms with Gasteiger partial charge < -0.3 is 19.5 Å². The molecule has 1 aromatic rings. The van der Waals surface area contributed by atoms with Crippen molar-refractivity contribution < 1.29 is 33.0 Å². The summed E-state index contributed by atoms with van der Waals surface area (Å²) >= 11 is 6.02. The number of carbonyl (C=O) groups excluding carboxylic acids is 3. The van der Waals surface area contributed by atoms with Crippen LogP contribution in [-0.4, -0.2) is 40.8 Å². The number of hydrogen-bond acceptors (Lipinski definition) is 7. The first kappa shape index (κ1) is 24.6. The first-order valence-electron chi connectivity index (χ1n) is 8.90. The SMILES string of the molecule is CCOC(=O)C(NC(=O)OC(C)(C)C)c1nc(Cl)c(C(=O)OC(C)(C)C)cc1F. The minimum absolute atomic E-state index is 0.0172. The molecule has 10 heteroatoms. The standard InChI is InChI=1S/C19H26ClFN2O6/c1-8-27-16(25)13(23-17(26)29-19(5,6)7)12-11(21)9-10(14(20)22-12)15(24)28-18(2,3)4/h9,13H,8H2,1-7H3,(H,23,26). The van der Waals surface area contributed by atoms with Gasteiger partial charge in [-0.2, -0.15) is 0 Å². The highest BCUT2D eigenvalue weighted by atomic mass is 35.5. The minimum Gasteiger partial charge on any atom is -0.464 e. The van der Waals surface area contributed by atoms with Crippen molar-refractivity contribution in [2.75, 3.05) is 6.61 Å². The van der Waals surface area contributed by atoms with E-state index in [0.717, 1.165) is 6.07 Å². The van der Waals surface area contributed by atoms with Gasteiger partial charge in [0, 0.05) is 0 Å². The van der Waals surface area contributed by atoms with E-state index in [1.54, 1.807) is 48.5 Å². The number of nitrogens with zero attached hydrogens (tertiary/aromatic N) is 1. The number of carbonyl (C=O) groups is 3. The van der Waals surface area contributed by atoms with E-state index in [0.29, 0.717) is 0 Å². The minimum atomic E-state index is -1.63. The molecule has 1 amide bonds. The monoisotopic (exact) mass is 432 g/mol. The highest BCUT2D eigenvalue weighted by Gasteiger charge is 2.32. The normalized spacial score (nSPS) is 12.7. The summed E-state index contributed by atoms with van der Waals surface area (Å²) in [4.78, 5) is 40.3. The summed E-state index contributed by atoms with van der Waals surface area (Å²) in [6.45, 7) is 11.3. The summed E-state index contributed by atoms with van der Waals surface area (Å²) < 4.78 is 29.9. The zero-order valence-electron chi connectivity index (χ0n) is 17.5. The molecule has 29 heavy (non-hydrogen) atoms. The van der Waals surface area contributed by atoms with Crippen LogP contribution in [0.5, 0.6) is 0 Å². The predicted molar refractivity (Wildman–Crippen MR) is 103 cm³/mol. The van der Waals surface area contributed by atoms with Gasteiger partial charge in [-0.05, 0) is 54.5 Å². The molecule has 0 aliphatic rings. The first-order chi connectivity index (χ1) is 13.1. The molecule has 0 aliphatic heterocycles. The van der Waals surface area contributed by atoms with Gasteiger partial charge in [0.2, 0.25) is 0 Å². The molecule has 1 unspecified atom stereocenters. The summed E-state index contributed by atoms with van der Waals surface area (Å²) in [6, 6.07) is -0.836. The van der Waals surface area contributed by atoms with Gasteiger partial charge in [-0.3, -0.25) is 0 Å². The van der Waals surface area contributed by atoms with Crippen molar-refractivity contribution in [1.82, 2.24) is 10.3 Å². The van der Waals surface area contributed by atoms with Gasteiger partial charge in [0.1, 0.15) is 27.9 Å². The highest BCUT2D eigenvalue weighted by molar-refractivity contribution is 6.32. The predicted octanol–water partition coefficient (Wildman–Crippen LogP) is 3.96. The van der Waals surface area contributed by atoms with Crippen LogP contribution in [0.2, 0.25) is 5.15 Å². The molecule has 0 aliphatic carbocycles. The van der Waals surface area contributed by atoms with E-state index in [-0.39, 0.29) is 12.2 Å². The third kappa shape index (κ3) is 7.84. The molecule has 8 nitrogen and oxygen atoms in total. The van der Waals surface area contributed by atoms with Crippen LogP contribution in [0.15, 0.2) is 6.07 Å². The zero-order valence-corrected chi connectivity index (χ0v) is 18.3. The maximum atomic E-state index is 14.7. The van der Waals surface area contributed by atoms with Gasteiger partial charge >= 0.3 is 18.0 Å². The van der Waals surface area contributed by atoms with Crippen LogP contribution < -0.4 is 5.32 Å². The second-order valence-electron chi connectivity index (χ2n) is 8.03. The third-order valence-electron chi connectivity index (χ3n) is 3.03. The molecule has 0 spiro atoms. The number of amides is 1. The number of alkyl carbamates (subject to hydrolysis) is 1. The largest absolute Gasteiger partial charge is 0.464 e. The molecule has 0 aromatic carbocycles. The van der Waals surface area contributed by atoms with Crippen molar-refractivity contribution in [2.24, 2.45) is 0 Å². The molecule has 1 aromatic heterocycles. The molecule has 0 radical (unpaired) electrons. The fourth-order valence-corrected chi connectivity index (χ4v) is 2.27. The summed E-state index contributed by atoms with van der Waals surface area (Å²) in [5.41, 5.74) is -2.52. The molecule has 1 rings (SSSR count). The topological polar surface area (TPSA) is 104 Å². The molecule has 162 valence electrons. The lowest BCUT2D eigenvalue weighted by atomic mass is 10.1. The van der Waals surface area contributed by atoms with E-state index in [1.807, 2.05) is 0 Å². The molecular weight excluding hydrogens is 407 g/mol. The quantitative estimate of drug-likeness (QED) is 0.426. The number of hydrogen-bond donors (Lipinski definition) is 1. The lowest BCUT2D eigenvalue weighted by Gasteiger charge is -2.23. The van der Waals surface area contributed by atoms with E-state index in [2.05, 4.69) is 10.3 Å². The Morgan fingerprint density at radius 2 is 1.69 bits per heavy atom. The van der Waals surface area contributed by atoms with Crippen molar-refractivity contribution in [1.29, 1.82) is 0 Å². The van der Waals surface area contributed by atoms with Crippen molar-refractivity contribution in [3.63, 3.8) is 0 Å². The summed E-state index contributed by atoms with van der Waals surface area (Å²) in [5.74, 6) is -2.90. The molecule has 1 heterocycles. The maximum absolute atomic E-state index is 14.7. The Labute approximate surface area is 174 Å². The van der Waals surface area contributed by atoms with E-state index < -0.39 is 51.9 Å². The number of halogens is 2. The Morgan fingerprint density at radius 3 is 2.17 bits per heavy atom. The summed E-state index contributed by atoms with van der Waals surface area (Å²) in [7, 11) is 0. The average Bonchev–Trinajstić information content (AvgIpc) is 2.51. The molecule has 1 N–H and O–H groups in total. The van der Waals surface area contributed by atoms with Crippen LogP contribution in [-0.2, 0) is 19.0 Å². The fourth-order valence-electron chi connectivity index (χ4n) is 2.05. The van der Waals surface area contributed by atoms with Gasteiger partial charge in [-0.1, -0.05) is 11.6 Å². The van der Waals surface area contributed by atoms with E-state index in [9.17, 15) is 18.8 Å². The summed E-state index contributed by atoms with van der Waals surface area (Å²) in [5, 5.41) is 1.82. The molecule has 0 saturated heterocycles. The number of ether oxygens (including phenoxy) is 3.